The fourth-order valence-corrected chi connectivity index (χ4v) is 2.15. The number of hydrogen-bond donors (Lipinski definition) is 3. The minimum atomic E-state index is -0.357. The molecule has 3 aromatic rings. The van der Waals surface area contributed by atoms with Gasteiger partial charge in [0.2, 0.25) is 0 Å². The summed E-state index contributed by atoms with van der Waals surface area (Å²) < 4.78 is 14.7. The van der Waals surface area contributed by atoms with Gasteiger partial charge in [0.05, 0.1) is 0 Å². The number of rotatable bonds is 6. The Labute approximate surface area is 143 Å². The van der Waals surface area contributed by atoms with E-state index in [-0.39, 0.29) is 11.8 Å². The average molecular weight is 340 g/mol. The number of hydrogen-bond acceptors (Lipinski definition) is 4. The fourth-order valence-electron chi connectivity index (χ4n) is 2.15. The largest absolute Gasteiger partial charge is 0.368 e. The highest BCUT2D eigenvalue weighted by molar-refractivity contribution is 5.89. The zero-order chi connectivity index (χ0) is 17.5. The summed E-state index contributed by atoms with van der Waals surface area (Å²) in [5.41, 5.74) is 0.527. The van der Waals surface area contributed by atoms with Crippen LogP contribution >= 0.6 is 0 Å². The molecule has 0 aliphatic carbocycles. The van der Waals surface area contributed by atoms with Crippen molar-refractivity contribution in [3.8, 4) is 5.82 Å². The van der Waals surface area contributed by atoms with Crippen molar-refractivity contribution in [2.75, 3.05) is 23.7 Å². The predicted molar refractivity (Wildman–Crippen MR) is 93.3 cm³/mol. The van der Waals surface area contributed by atoms with E-state index in [1.54, 1.807) is 0 Å². The molecule has 128 valence electrons. The van der Waals surface area contributed by atoms with E-state index in [1.165, 1.54) is 30.6 Å². The number of benzene rings is 1. The van der Waals surface area contributed by atoms with Gasteiger partial charge in [-0.3, -0.25) is 0 Å². The van der Waals surface area contributed by atoms with Crippen LogP contribution in [0.25, 0.3) is 5.82 Å². The third-order valence-electron chi connectivity index (χ3n) is 3.34. The van der Waals surface area contributed by atoms with Gasteiger partial charge in [0.25, 0.3) is 0 Å². The van der Waals surface area contributed by atoms with Crippen molar-refractivity contribution in [2.24, 2.45) is 0 Å². The predicted octanol–water partition coefficient (Wildman–Crippen LogP) is 2.64. The normalized spacial score (nSPS) is 10.3. The van der Waals surface area contributed by atoms with E-state index in [0.29, 0.717) is 24.6 Å². The summed E-state index contributed by atoms with van der Waals surface area (Å²) in [6.07, 6.45) is 5.27. The second-order valence-corrected chi connectivity index (χ2v) is 5.17. The van der Waals surface area contributed by atoms with Gasteiger partial charge >= 0.3 is 6.03 Å². The SMILES string of the molecule is O=C(NCCNc1cc(-n2cccc2)ncn1)Nc1ccc(F)cc1. The van der Waals surface area contributed by atoms with E-state index in [4.69, 9.17) is 0 Å². The van der Waals surface area contributed by atoms with Crippen LogP contribution in [-0.4, -0.2) is 33.7 Å². The number of amides is 2. The number of carbonyl (C=O) groups is 1. The summed E-state index contributed by atoms with van der Waals surface area (Å²) in [5.74, 6) is 1.07. The van der Waals surface area contributed by atoms with Crippen LogP contribution in [0.3, 0.4) is 0 Å². The highest BCUT2D eigenvalue weighted by Crippen LogP contribution is 2.09. The summed E-state index contributed by atoms with van der Waals surface area (Å²) in [6, 6.07) is 10.9. The van der Waals surface area contributed by atoms with Crippen molar-refractivity contribution in [1.82, 2.24) is 19.9 Å². The van der Waals surface area contributed by atoms with E-state index in [0.717, 1.165) is 5.82 Å². The molecule has 0 fully saturated rings. The Morgan fingerprint density at radius 3 is 2.60 bits per heavy atom. The summed E-state index contributed by atoms with van der Waals surface area (Å²) in [7, 11) is 0. The molecule has 0 aliphatic rings. The number of halogens is 1. The molecule has 25 heavy (non-hydrogen) atoms. The monoisotopic (exact) mass is 340 g/mol. The molecule has 2 heterocycles. The maximum atomic E-state index is 12.8. The van der Waals surface area contributed by atoms with Crippen molar-refractivity contribution in [3.05, 3.63) is 67.0 Å². The number of carbonyl (C=O) groups excluding carboxylic acids is 1. The number of urea groups is 1. The minimum absolute atomic E-state index is 0.348. The van der Waals surface area contributed by atoms with Crippen LogP contribution < -0.4 is 16.0 Å². The lowest BCUT2D eigenvalue weighted by atomic mass is 10.3. The van der Waals surface area contributed by atoms with Crippen LogP contribution in [0, 0.1) is 5.82 Å². The molecule has 0 spiro atoms. The standard InChI is InChI=1S/C17H17FN6O/c18-13-3-5-14(6-4-13)23-17(25)20-8-7-19-15-11-16(22-12-21-15)24-9-1-2-10-24/h1-6,9-12H,7-8H2,(H,19,21,22)(H2,20,23,25). The highest BCUT2D eigenvalue weighted by atomic mass is 19.1. The second-order valence-electron chi connectivity index (χ2n) is 5.17. The number of nitrogens with one attached hydrogen (secondary N) is 3. The van der Waals surface area contributed by atoms with Crippen LogP contribution in [-0.2, 0) is 0 Å². The lowest BCUT2D eigenvalue weighted by molar-refractivity contribution is 0.252. The van der Waals surface area contributed by atoms with Gasteiger partial charge in [-0.05, 0) is 36.4 Å². The molecular weight excluding hydrogens is 323 g/mol. The molecule has 8 heteroatoms. The van der Waals surface area contributed by atoms with Crippen molar-refractivity contribution in [1.29, 1.82) is 0 Å². The van der Waals surface area contributed by atoms with Gasteiger partial charge in [-0.15, -0.1) is 0 Å². The third-order valence-corrected chi connectivity index (χ3v) is 3.34. The topological polar surface area (TPSA) is 83.9 Å². The molecular formula is C17H17FN6O. The Kier molecular flexibility index (Phi) is 5.20. The number of aromatic nitrogens is 3. The lowest BCUT2D eigenvalue weighted by Crippen LogP contribution is -2.32. The first-order valence-electron chi connectivity index (χ1n) is 7.70. The lowest BCUT2D eigenvalue weighted by Gasteiger charge is -2.09. The van der Waals surface area contributed by atoms with Gasteiger partial charge in [-0.1, -0.05) is 0 Å². The van der Waals surface area contributed by atoms with Gasteiger partial charge in [0.1, 0.15) is 23.8 Å². The Balaban J connectivity index is 1.43. The van der Waals surface area contributed by atoms with Crippen molar-refractivity contribution >= 4 is 17.5 Å². The first kappa shape index (κ1) is 16.4. The van der Waals surface area contributed by atoms with E-state index < -0.39 is 0 Å². The van der Waals surface area contributed by atoms with Gasteiger partial charge in [0, 0.05) is 37.2 Å². The van der Waals surface area contributed by atoms with E-state index >= 15 is 0 Å². The second kappa shape index (κ2) is 7.91. The van der Waals surface area contributed by atoms with Gasteiger partial charge in [-0.25, -0.2) is 19.2 Å². The molecule has 0 atom stereocenters. The number of nitrogens with zero attached hydrogens (tertiary/aromatic N) is 3. The van der Waals surface area contributed by atoms with Crippen molar-refractivity contribution in [3.63, 3.8) is 0 Å². The highest BCUT2D eigenvalue weighted by Gasteiger charge is 2.02. The van der Waals surface area contributed by atoms with Crippen molar-refractivity contribution in [2.45, 2.75) is 0 Å². The first-order valence-corrected chi connectivity index (χ1v) is 7.70. The molecule has 0 saturated carbocycles. The molecule has 2 aromatic heterocycles. The zero-order valence-corrected chi connectivity index (χ0v) is 13.3. The maximum absolute atomic E-state index is 12.8. The summed E-state index contributed by atoms with van der Waals surface area (Å²) in [4.78, 5) is 20.1. The molecule has 2 amide bonds. The molecule has 0 unspecified atom stereocenters. The Hall–Kier alpha value is -3.42. The molecule has 0 aliphatic heterocycles. The van der Waals surface area contributed by atoms with Crippen LogP contribution in [0.2, 0.25) is 0 Å². The van der Waals surface area contributed by atoms with E-state index in [9.17, 15) is 9.18 Å². The smallest absolute Gasteiger partial charge is 0.319 e. The van der Waals surface area contributed by atoms with Crippen LogP contribution in [0.5, 0.6) is 0 Å². The summed E-state index contributed by atoms with van der Waals surface area (Å²) in [5, 5.41) is 8.44. The third kappa shape index (κ3) is 4.77. The number of anilines is 2. The molecule has 7 nitrogen and oxygen atoms in total. The Bertz CT molecular complexity index is 819. The van der Waals surface area contributed by atoms with E-state index in [1.807, 2.05) is 35.2 Å². The minimum Gasteiger partial charge on any atom is -0.368 e. The van der Waals surface area contributed by atoms with Crippen LogP contribution in [0.1, 0.15) is 0 Å². The van der Waals surface area contributed by atoms with Crippen molar-refractivity contribution < 1.29 is 9.18 Å². The molecule has 1 aromatic carbocycles. The fraction of sp³-hybridized carbons (Fsp3) is 0.118. The Morgan fingerprint density at radius 2 is 1.84 bits per heavy atom. The molecule has 0 saturated heterocycles. The summed E-state index contributed by atoms with van der Waals surface area (Å²) >= 11 is 0. The van der Waals surface area contributed by atoms with E-state index in [2.05, 4.69) is 25.9 Å². The van der Waals surface area contributed by atoms with Crippen LogP contribution in [0.15, 0.2) is 61.2 Å². The Morgan fingerprint density at radius 1 is 1.08 bits per heavy atom. The van der Waals surface area contributed by atoms with Gasteiger partial charge < -0.3 is 20.5 Å². The summed E-state index contributed by atoms with van der Waals surface area (Å²) in [6.45, 7) is 0.898. The van der Waals surface area contributed by atoms with Gasteiger partial charge in [-0.2, -0.15) is 0 Å². The quantitative estimate of drug-likeness (QED) is 0.602. The molecule has 0 bridgehead atoms. The first-order chi connectivity index (χ1) is 12.2. The van der Waals surface area contributed by atoms with Gasteiger partial charge in [0.15, 0.2) is 0 Å². The molecule has 3 N–H and O–H groups in total. The van der Waals surface area contributed by atoms with Crippen LogP contribution in [0.4, 0.5) is 20.7 Å². The zero-order valence-electron chi connectivity index (χ0n) is 13.3. The average Bonchev–Trinajstić information content (AvgIpc) is 3.16. The maximum Gasteiger partial charge on any atom is 0.319 e. The molecule has 3 rings (SSSR count). The molecule has 0 radical (unpaired) electrons.